The van der Waals surface area contributed by atoms with E-state index < -0.39 is 11.9 Å². The highest BCUT2D eigenvalue weighted by Gasteiger charge is 2.15. The molecular weight excluding hydrogens is 264 g/mol. The molecule has 104 valence electrons. The Labute approximate surface area is 114 Å². The molecule has 2 N–H and O–H groups in total. The van der Waals surface area contributed by atoms with Gasteiger partial charge in [0.05, 0.1) is 25.5 Å². The zero-order valence-corrected chi connectivity index (χ0v) is 10.9. The molecule has 0 atom stereocenters. The maximum Gasteiger partial charge on any atom is 0.377 e. The Kier molecular flexibility index (Phi) is 3.65. The molecule has 1 heterocycles. The summed E-state index contributed by atoms with van der Waals surface area (Å²) in [6.07, 6.45) is 1.33. The fourth-order valence-electron chi connectivity index (χ4n) is 1.55. The molecule has 0 saturated carbocycles. The highest BCUT2D eigenvalue weighted by atomic mass is 16.5. The van der Waals surface area contributed by atoms with Gasteiger partial charge < -0.3 is 15.2 Å². The topological polar surface area (TPSA) is 109 Å². The summed E-state index contributed by atoms with van der Waals surface area (Å²) >= 11 is 0. The maximum atomic E-state index is 11.6. The van der Waals surface area contributed by atoms with Crippen LogP contribution in [-0.4, -0.2) is 40.9 Å². The molecule has 2 aromatic rings. The second-order valence-electron chi connectivity index (χ2n) is 3.77. The van der Waals surface area contributed by atoms with Gasteiger partial charge in [-0.15, -0.1) is 5.10 Å². The molecule has 1 aromatic heterocycles. The average molecular weight is 276 g/mol. The highest BCUT2D eigenvalue weighted by molar-refractivity contribution is 5.95. The van der Waals surface area contributed by atoms with E-state index in [1.807, 2.05) is 0 Å². The quantitative estimate of drug-likeness (QED) is 0.639. The van der Waals surface area contributed by atoms with Gasteiger partial charge in [0, 0.05) is 5.69 Å². The van der Waals surface area contributed by atoms with E-state index >= 15 is 0 Å². The lowest BCUT2D eigenvalue weighted by Gasteiger charge is -2.06. The lowest BCUT2D eigenvalue weighted by molar-refractivity contribution is 0.0582. The van der Waals surface area contributed by atoms with Gasteiger partial charge in [-0.1, -0.05) is 0 Å². The number of anilines is 1. The van der Waals surface area contributed by atoms with E-state index in [4.69, 9.17) is 5.73 Å². The monoisotopic (exact) mass is 276 g/mol. The van der Waals surface area contributed by atoms with Crippen molar-refractivity contribution in [3.05, 3.63) is 35.9 Å². The van der Waals surface area contributed by atoms with E-state index in [0.29, 0.717) is 5.69 Å². The number of ether oxygens (including phenoxy) is 2. The van der Waals surface area contributed by atoms with Crippen molar-refractivity contribution in [2.45, 2.75) is 0 Å². The van der Waals surface area contributed by atoms with Crippen LogP contribution in [0, 0.1) is 0 Å². The summed E-state index contributed by atoms with van der Waals surface area (Å²) in [5.41, 5.74) is 6.71. The summed E-state index contributed by atoms with van der Waals surface area (Å²) in [6.45, 7) is 0. The number of hydrogen-bond acceptors (Lipinski definition) is 7. The van der Waals surface area contributed by atoms with Crippen molar-refractivity contribution in [1.82, 2.24) is 14.8 Å². The van der Waals surface area contributed by atoms with Crippen molar-refractivity contribution in [2.75, 3.05) is 20.0 Å². The van der Waals surface area contributed by atoms with Crippen LogP contribution in [0.2, 0.25) is 0 Å². The zero-order valence-electron chi connectivity index (χ0n) is 10.9. The summed E-state index contributed by atoms with van der Waals surface area (Å²) in [7, 11) is 2.50. The predicted molar refractivity (Wildman–Crippen MR) is 68.5 cm³/mol. The number of esters is 2. The van der Waals surface area contributed by atoms with Gasteiger partial charge in [-0.25, -0.2) is 19.3 Å². The number of carbonyl (C=O) groups is 2. The number of methoxy groups -OCH3 is 2. The van der Waals surface area contributed by atoms with Crippen LogP contribution >= 0.6 is 0 Å². The first kappa shape index (κ1) is 13.5. The number of nitrogen functional groups attached to an aromatic ring is 1. The number of nitrogens with two attached hydrogens (primary N) is 1. The minimum absolute atomic E-state index is 0.0797. The molecule has 0 radical (unpaired) electrons. The third kappa shape index (κ3) is 2.44. The average Bonchev–Trinajstić information content (AvgIpc) is 2.96. The number of carbonyl (C=O) groups excluding carboxylic acids is 2. The Morgan fingerprint density at radius 2 is 1.90 bits per heavy atom. The second-order valence-corrected chi connectivity index (χ2v) is 3.77. The fraction of sp³-hybridized carbons (Fsp3) is 0.167. The third-order valence-corrected chi connectivity index (χ3v) is 2.57. The van der Waals surface area contributed by atoms with Gasteiger partial charge >= 0.3 is 11.9 Å². The van der Waals surface area contributed by atoms with Crippen LogP contribution in [0.25, 0.3) is 5.69 Å². The van der Waals surface area contributed by atoms with Gasteiger partial charge in [0.2, 0.25) is 0 Å². The Morgan fingerprint density at radius 3 is 2.55 bits per heavy atom. The van der Waals surface area contributed by atoms with Gasteiger partial charge in [-0.05, 0) is 18.2 Å². The molecule has 8 nitrogen and oxygen atoms in total. The summed E-state index contributed by atoms with van der Waals surface area (Å²) in [6, 6.07) is 4.68. The Hall–Kier alpha value is -2.90. The molecule has 2 rings (SSSR count). The maximum absolute atomic E-state index is 11.6. The number of nitrogens with zero attached hydrogens (tertiary/aromatic N) is 3. The molecule has 0 spiro atoms. The van der Waals surface area contributed by atoms with E-state index in [1.54, 1.807) is 12.1 Å². The van der Waals surface area contributed by atoms with Crippen molar-refractivity contribution in [2.24, 2.45) is 0 Å². The number of aromatic nitrogens is 3. The fourth-order valence-corrected chi connectivity index (χ4v) is 1.55. The Bertz CT molecular complexity index is 665. The zero-order chi connectivity index (χ0) is 14.7. The van der Waals surface area contributed by atoms with Gasteiger partial charge in [-0.3, -0.25) is 0 Å². The Balaban J connectivity index is 2.40. The molecule has 0 aliphatic rings. The van der Waals surface area contributed by atoms with Crippen molar-refractivity contribution < 1.29 is 19.1 Å². The number of hydrogen-bond donors (Lipinski definition) is 1. The van der Waals surface area contributed by atoms with Crippen molar-refractivity contribution in [3.8, 4) is 5.69 Å². The molecule has 0 saturated heterocycles. The minimum Gasteiger partial charge on any atom is -0.465 e. The van der Waals surface area contributed by atoms with E-state index in [1.165, 1.54) is 31.3 Å². The third-order valence-electron chi connectivity index (χ3n) is 2.57. The summed E-state index contributed by atoms with van der Waals surface area (Å²) in [5, 5.41) is 3.95. The molecule has 0 fully saturated rings. The predicted octanol–water partition coefficient (Wildman–Crippen LogP) is 0.423. The normalized spacial score (nSPS) is 10.1. The molecule has 1 aromatic carbocycles. The lowest BCUT2D eigenvalue weighted by Crippen LogP contribution is -2.08. The molecular formula is C12H12N4O4. The summed E-state index contributed by atoms with van der Waals surface area (Å²) in [4.78, 5) is 26.6. The largest absolute Gasteiger partial charge is 0.465 e. The molecule has 0 aliphatic heterocycles. The van der Waals surface area contributed by atoms with E-state index in [0.717, 1.165) is 0 Å². The molecule has 0 unspecified atom stereocenters. The number of benzene rings is 1. The van der Waals surface area contributed by atoms with Crippen molar-refractivity contribution in [3.63, 3.8) is 0 Å². The first-order valence-corrected chi connectivity index (χ1v) is 5.55. The first-order chi connectivity index (χ1) is 9.56. The molecule has 0 bridgehead atoms. The van der Waals surface area contributed by atoms with E-state index in [2.05, 4.69) is 19.6 Å². The molecule has 0 aliphatic carbocycles. The van der Waals surface area contributed by atoms with Crippen LogP contribution in [-0.2, 0) is 9.47 Å². The van der Waals surface area contributed by atoms with E-state index in [9.17, 15) is 9.59 Å². The summed E-state index contributed by atoms with van der Waals surface area (Å²) in [5.74, 6) is -1.28. The van der Waals surface area contributed by atoms with Gasteiger partial charge in [0.1, 0.15) is 6.33 Å². The number of rotatable bonds is 3. The van der Waals surface area contributed by atoms with Crippen molar-refractivity contribution >= 4 is 17.6 Å². The molecule has 8 heteroatoms. The van der Waals surface area contributed by atoms with Gasteiger partial charge in [0.25, 0.3) is 5.82 Å². The second kappa shape index (κ2) is 5.39. The molecule has 20 heavy (non-hydrogen) atoms. The highest BCUT2D eigenvalue weighted by Crippen LogP contribution is 2.17. The van der Waals surface area contributed by atoms with Crippen LogP contribution in [0.4, 0.5) is 5.69 Å². The standard InChI is InChI=1S/C12H12N4O4/c1-19-11(17)8-5-7(3-4-9(8)13)16-6-14-10(15-16)12(18)20-2/h3-6H,13H2,1-2H3. The minimum atomic E-state index is -0.646. The smallest absolute Gasteiger partial charge is 0.377 e. The van der Waals surface area contributed by atoms with Gasteiger partial charge in [-0.2, -0.15) is 0 Å². The Morgan fingerprint density at radius 1 is 1.20 bits per heavy atom. The lowest BCUT2D eigenvalue weighted by atomic mass is 10.1. The van der Waals surface area contributed by atoms with Crippen LogP contribution in [0.5, 0.6) is 0 Å². The van der Waals surface area contributed by atoms with Crippen LogP contribution in [0.15, 0.2) is 24.5 Å². The SMILES string of the molecule is COC(=O)c1ncn(-c2ccc(N)c(C(=O)OC)c2)n1. The van der Waals surface area contributed by atoms with Crippen LogP contribution in [0.1, 0.15) is 21.0 Å². The summed E-state index contributed by atoms with van der Waals surface area (Å²) < 4.78 is 10.5. The first-order valence-electron chi connectivity index (χ1n) is 5.55. The molecule has 0 amide bonds. The van der Waals surface area contributed by atoms with Crippen molar-refractivity contribution in [1.29, 1.82) is 0 Å². The van der Waals surface area contributed by atoms with Crippen LogP contribution in [0.3, 0.4) is 0 Å². The van der Waals surface area contributed by atoms with E-state index in [-0.39, 0.29) is 17.1 Å². The van der Waals surface area contributed by atoms with Gasteiger partial charge in [0.15, 0.2) is 0 Å². The van der Waals surface area contributed by atoms with Crippen LogP contribution < -0.4 is 5.73 Å².